The third-order valence-electron chi connectivity index (χ3n) is 13.0. The number of esters is 3. The molecule has 0 saturated carbocycles. The maximum Gasteiger partial charge on any atom is 0.335 e. The normalized spacial score (nSPS) is 18.7. The van der Waals surface area contributed by atoms with Gasteiger partial charge >= 0.3 is 23.9 Å². The first-order valence-corrected chi connectivity index (χ1v) is 30.5. The van der Waals surface area contributed by atoms with Crippen LogP contribution in [0.5, 0.6) is 0 Å². The van der Waals surface area contributed by atoms with E-state index in [1.54, 1.807) is 0 Å². The molecule has 0 bridgehead atoms. The lowest BCUT2D eigenvalue weighted by atomic mass is 9.98. The predicted octanol–water partition coefficient (Wildman–Crippen LogP) is 16.0. The third-order valence-corrected chi connectivity index (χ3v) is 13.0. The van der Waals surface area contributed by atoms with Gasteiger partial charge < -0.3 is 39.0 Å². The van der Waals surface area contributed by atoms with Crippen molar-refractivity contribution in [3.8, 4) is 0 Å². The van der Waals surface area contributed by atoms with Crippen molar-refractivity contribution >= 4 is 23.9 Å². The lowest BCUT2D eigenvalue weighted by Crippen LogP contribution is -2.61. The molecule has 12 nitrogen and oxygen atoms in total. The van der Waals surface area contributed by atoms with Gasteiger partial charge in [0.05, 0.1) is 6.61 Å². The highest BCUT2D eigenvalue weighted by atomic mass is 16.7. The van der Waals surface area contributed by atoms with Gasteiger partial charge in [-0.25, -0.2) is 4.79 Å². The molecule has 6 atom stereocenters. The van der Waals surface area contributed by atoms with Crippen molar-refractivity contribution in [3.63, 3.8) is 0 Å². The molecule has 446 valence electrons. The number of aliphatic hydroxyl groups is 2. The fourth-order valence-corrected chi connectivity index (χ4v) is 8.38. The van der Waals surface area contributed by atoms with Crippen LogP contribution in [0.4, 0.5) is 0 Å². The Bertz CT molecular complexity index is 1840. The lowest BCUT2D eigenvalue weighted by Gasteiger charge is -2.40. The molecule has 0 spiro atoms. The van der Waals surface area contributed by atoms with E-state index in [0.717, 1.165) is 135 Å². The molecule has 1 aliphatic rings. The smallest absolute Gasteiger partial charge is 0.335 e. The minimum Gasteiger partial charge on any atom is -0.479 e. The molecule has 3 N–H and O–H groups in total. The van der Waals surface area contributed by atoms with Crippen molar-refractivity contribution < 1.29 is 58.2 Å². The van der Waals surface area contributed by atoms with E-state index in [4.69, 9.17) is 23.7 Å². The number of aliphatic carboxylic acids is 1. The molecule has 0 radical (unpaired) electrons. The van der Waals surface area contributed by atoms with Gasteiger partial charge in [-0.1, -0.05) is 200 Å². The van der Waals surface area contributed by atoms with Crippen LogP contribution in [0.2, 0.25) is 0 Å². The van der Waals surface area contributed by atoms with Crippen molar-refractivity contribution in [2.45, 2.75) is 263 Å². The summed E-state index contributed by atoms with van der Waals surface area (Å²) in [5.41, 5.74) is 0. The minimum absolute atomic E-state index is 0.00155. The Morgan fingerprint density at radius 3 is 1.24 bits per heavy atom. The summed E-state index contributed by atoms with van der Waals surface area (Å²) in [6.07, 6.45) is 61.6. The molecule has 0 aromatic rings. The number of rotatable bonds is 50. The van der Waals surface area contributed by atoms with Crippen LogP contribution < -0.4 is 0 Å². The summed E-state index contributed by atoms with van der Waals surface area (Å²) in [5.74, 6) is -3.23. The van der Waals surface area contributed by atoms with E-state index in [0.29, 0.717) is 25.7 Å². The van der Waals surface area contributed by atoms with Crippen LogP contribution in [0.25, 0.3) is 0 Å². The Morgan fingerprint density at radius 2 is 0.797 bits per heavy atom. The van der Waals surface area contributed by atoms with E-state index in [-0.39, 0.29) is 25.9 Å². The molecule has 0 amide bonds. The third kappa shape index (κ3) is 43.6. The zero-order chi connectivity index (χ0) is 57.5. The molecule has 1 saturated heterocycles. The van der Waals surface area contributed by atoms with Crippen LogP contribution in [-0.4, -0.2) is 89.2 Å². The average molecular weight is 1100 g/mol. The summed E-state index contributed by atoms with van der Waals surface area (Å²) in [5, 5.41) is 31.5. The number of hydrogen-bond donors (Lipinski definition) is 3. The second kappa shape index (κ2) is 53.7. The Kier molecular flexibility index (Phi) is 49.1. The van der Waals surface area contributed by atoms with E-state index in [2.05, 4.69) is 142 Å². The largest absolute Gasteiger partial charge is 0.479 e. The first kappa shape index (κ1) is 72.1. The molecule has 1 heterocycles. The maximum atomic E-state index is 13.2. The SMILES string of the molecule is CC/C=C\C/C=C\C/C=C\C/C=C\CCCCC(=O)OC1C(OCC(COC(=O)CCCCCCCC/C=C\C/C=C\C/C=C\CCCCC)OC(=O)CCCCCCC/C=C\C/C=C\C/C=C\CC)OC(C(=O)O)C(O)C1O. The van der Waals surface area contributed by atoms with Crippen LogP contribution in [0.3, 0.4) is 0 Å². The molecule has 1 aliphatic heterocycles. The highest BCUT2D eigenvalue weighted by Crippen LogP contribution is 2.26. The van der Waals surface area contributed by atoms with E-state index < -0.39 is 67.3 Å². The van der Waals surface area contributed by atoms with Crippen molar-refractivity contribution in [3.05, 3.63) is 122 Å². The summed E-state index contributed by atoms with van der Waals surface area (Å²) in [6, 6.07) is 0. The highest BCUT2D eigenvalue weighted by molar-refractivity contribution is 5.74. The number of carboxylic acid groups (broad SMARTS) is 1. The summed E-state index contributed by atoms with van der Waals surface area (Å²) >= 11 is 0. The highest BCUT2D eigenvalue weighted by Gasteiger charge is 2.50. The minimum atomic E-state index is -1.93. The van der Waals surface area contributed by atoms with Gasteiger partial charge in [0.2, 0.25) is 0 Å². The molecule has 1 fully saturated rings. The van der Waals surface area contributed by atoms with Crippen LogP contribution in [0.1, 0.15) is 226 Å². The number of carbonyl (C=O) groups excluding carboxylic acids is 3. The van der Waals surface area contributed by atoms with Gasteiger partial charge in [0.25, 0.3) is 0 Å². The Hall–Kier alpha value is -4.88. The number of allylic oxidation sites excluding steroid dienone is 20. The van der Waals surface area contributed by atoms with E-state index in [1.807, 2.05) is 0 Å². The summed E-state index contributed by atoms with van der Waals surface area (Å²) in [7, 11) is 0. The molecule has 0 aromatic heterocycles. The fraction of sp³-hybridized carbons (Fsp3) is 0.642. The van der Waals surface area contributed by atoms with Crippen LogP contribution >= 0.6 is 0 Å². The molecule has 0 aliphatic carbocycles. The number of aliphatic hydroxyl groups excluding tert-OH is 2. The standard InChI is InChI=1S/C67H106O12/c1-4-7-10-13-16-19-22-25-28-29-30-31-34-35-38-41-44-47-50-53-59(68)75-56-58(77-60(69)54-51-48-45-42-39-36-32-26-23-20-17-14-11-8-5-2)57-76-67-65(63(72)62(71)64(79-67)66(73)74)78-61(70)55-52-49-46-43-40-37-33-27-24-21-18-15-12-9-6-3/h8-9,11-12,16-21,25-28,30-33,40,43,58,62-65,67,71-72H,4-7,10,13-15,22-24,29,34-39,41-42,44-57H2,1-3H3,(H,73,74)/b11-8-,12-9-,19-16-,20-17-,21-18-,28-25-,31-30-,32-26-,33-27-,43-40-. The Morgan fingerprint density at radius 1 is 0.430 bits per heavy atom. The maximum absolute atomic E-state index is 13.2. The quantitative estimate of drug-likeness (QED) is 0.0228. The van der Waals surface area contributed by atoms with E-state index >= 15 is 0 Å². The van der Waals surface area contributed by atoms with Gasteiger partial charge in [0.15, 0.2) is 24.6 Å². The second-order valence-corrected chi connectivity index (χ2v) is 20.2. The van der Waals surface area contributed by atoms with Crippen LogP contribution in [0.15, 0.2) is 122 Å². The lowest BCUT2D eigenvalue weighted by molar-refractivity contribution is -0.301. The van der Waals surface area contributed by atoms with Gasteiger partial charge in [-0.3, -0.25) is 14.4 Å². The van der Waals surface area contributed by atoms with Gasteiger partial charge in [-0.2, -0.15) is 0 Å². The Balaban J connectivity index is 2.73. The summed E-state index contributed by atoms with van der Waals surface area (Å²) in [6.45, 7) is 5.69. The molecular weight excluding hydrogens is 997 g/mol. The number of unbranched alkanes of at least 4 members (excludes halogenated alkanes) is 16. The van der Waals surface area contributed by atoms with Gasteiger partial charge in [-0.05, 0) is 128 Å². The number of hydrogen-bond acceptors (Lipinski definition) is 11. The van der Waals surface area contributed by atoms with Gasteiger partial charge in [0, 0.05) is 19.3 Å². The fourth-order valence-electron chi connectivity index (χ4n) is 8.38. The molecule has 79 heavy (non-hydrogen) atoms. The predicted molar refractivity (Wildman–Crippen MR) is 321 cm³/mol. The van der Waals surface area contributed by atoms with Gasteiger partial charge in [-0.15, -0.1) is 0 Å². The number of carbonyl (C=O) groups is 4. The molecular formula is C67H106O12. The van der Waals surface area contributed by atoms with Crippen molar-refractivity contribution in [2.24, 2.45) is 0 Å². The zero-order valence-corrected chi connectivity index (χ0v) is 49.1. The Labute approximate surface area is 478 Å². The monoisotopic (exact) mass is 1100 g/mol. The topological polar surface area (TPSA) is 175 Å². The summed E-state index contributed by atoms with van der Waals surface area (Å²) < 4.78 is 28.4. The summed E-state index contributed by atoms with van der Waals surface area (Å²) in [4.78, 5) is 51.2. The van der Waals surface area contributed by atoms with Gasteiger partial charge in [0.1, 0.15) is 18.8 Å². The molecule has 6 unspecified atom stereocenters. The first-order chi connectivity index (χ1) is 38.6. The van der Waals surface area contributed by atoms with Crippen molar-refractivity contribution in [2.75, 3.05) is 13.2 Å². The molecule has 1 rings (SSSR count). The number of ether oxygens (including phenoxy) is 5. The van der Waals surface area contributed by atoms with Crippen molar-refractivity contribution in [1.29, 1.82) is 0 Å². The number of carboxylic acids is 1. The second-order valence-electron chi connectivity index (χ2n) is 20.2. The van der Waals surface area contributed by atoms with E-state index in [9.17, 15) is 34.5 Å². The van der Waals surface area contributed by atoms with Crippen LogP contribution in [0, 0.1) is 0 Å². The van der Waals surface area contributed by atoms with Crippen molar-refractivity contribution in [1.82, 2.24) is 0 Å². The molecule has 0 aromatic carbocycles. The zero-order valence-electron chi connectivity index (χ0n) is 49.1. The first-order valence-electron chi connectivity index (χ1n) is 30.5. The average Bonchev–Trinajstić information content (AvgIpc) is 3.44. The van der Waals surface area contributed by atoms with E-state index in [1.165, 1.54) is 25.7 Å². The van der Waals surface area contributed by atoms with Crippen LogP contribution in [-0.2, 0) is 42.9 Å². The molecule has 12 heteroatoms.